The minimum atomic E-state index is -1.16. The van der Waals surface area contributed by atoms with Crippen molar-refractivity contribution in [1.29, 1.82) is 0 Å². The summed E-state index contributed by atoms with van der Waals surface area (Å²) in [5, 5.41) is 6.89. The molecule has 0 aliphatic carbocycles. The first-order valence-corrected chi connectivity index (χ1v) is 8.45. The monoisotopic (exact) mass is 402 g/mol. The van der Waals surface area contributed by atoms with Crippen LogP contribution >= 0.6 is 0 Å². The number of halogens is 2. The van der Waals surface area contributed by atoms with Crippen molar-refractivity contribution in [2.45, 2.75) is 19.9 Å². The number of amides is 2. The van der Waals surface area contributed by atoms with E-state index in [4.69, 9.17) is 5.73 Å². The fourth-order valence-corrected chi connectivity index (χ4v) is 2.74. The van der Waals surface area contributed by atoms with Gasteiger partial charge in [-0.2, -0.15) is 4.68 Å². The molecule has 0 fully saturated rings. The third-order valence-electron chi connectivity index (χ3n) is 4.04. The van der Waals surface area contributed by atoms with Crippen molar-refractivity contribution in [3.8, 4) is 5.69 Å². The number of aromatic nitrogens is 4. The molecule has 1 aromatic heterocycles. The number of tetrazole rings is 1. The van der Waals surface area contributed by atoms with Crippen molar-refractivity contribution in [3.05, 3.63) is 70.1 Å². The van der Waals surface area contributed by atoms with E-state index in [2.05, 4.69) is 10.4 Å². The van der Waals surface area contributed by atoms with E-state index in [9.17, 15) is 23.2 Å². The third-order valence-corrected chi connectivity index (χ3v) is 4.04. The summed E-state index contributed by atoms with van der Waals surface area (Å²) < 4.78 is 28.7. The molecule has 1 heterocycles. The molecule has 150 valence electrons. The summed E-state index contributed by atoms with van der Waals surface area (Å²) in [5.41, 5.74) is 3.80. The molecule has 29 heavy (non-hydrogen) atoms. The molecule has 0 atom stereocenters. The van der Waals surface area contributed by atoms with Crippen LogP contribution in [0.2, 0.25) is 0 Å². The lowest BCUT2D eigenvalue weighted by atomic mass is 10.1. The highest BCUT2D eigenvalue weighted by atomic mass is 19.1. The van der Waals surface area contributed by atoms with E-state index in [1.165, 1.54) is 29.2 Å². The lowest BCUT2D eigenvalue weighted by Gasteiger charge is -2.26. The van der Waals surface area contributed by atoms with Crippen molar-refractivity contribution < 1.29 is 18.4 Å². The summed E-state index contributed by atoms with van der Waals surface area (Å²) in [6, 6.07) is 7.54. The number of nitrogens with two attached hydrogens (primary N) is 1. The molecule has 0 spiro atoms. The SMILES string of the molecule is CC(C)N(C(=O)n1nnn(-c2c(F)cccc2F)c1=O)c1cccc(C(N)=O)c1. The van der Waals surface area contributed by atoms with Crippen molar-refractivity contribution in [2.24, 2.45) is 5.73 Å². The average molecular weight is 402 g/mol. The molecule has 0 saturated heterocycles. The second-order valence-corrected chi connectivity index (χ2v) is 6.32. The summed E-state index contributed by atoms with van der Waals surface area (Å²) in [4.78, 5) is 38.2. The van der Waals surface area contributed by atoms with Gasteiger partial charge in [0.2, 0.25) is 5.91 Å². The van der Waals surface area contributed by atoms with Gasteiger partial charge in [0.05, 0.1) is 0 Å². The second kappa shape index (κ2) is 7.62. The number of anilines is 1. The topological polar surface area (TPSA) is 116 Å². The number of hydrogen-bond acceptors (Lipinski definition) is 5. The van der Waals surface area contributed by atoms with Gasteiger partial charge in [-0.05, 0) is 54.6 Å². The Morgan fingerprint density at radius 2 is 1.69 bits per heavy atom. The van der Waals surface area contributed by atoms with E-state index in [1.807, 2.05) is 0 Å². The van der Waals surface area contributed by atoms with Crippen LogP contribution in [0.4, 0.5) is 19.3 Å². The molecule has 3 rings (SSSR count). The van der Waals surface area contributed by atoms with E-state index < -0.39 is 41.0 Å². The molecule has 0 aliphatic rings. The molecule has 0 saturated carbocycles. The quantitative estimate of drug-likeness (QED) is 0.667. The van der Waals surface area contributed by atoms with Crippen LogP contribution in [-0.4, -0.2) is 37.8 Å². The highest BCUT2D eigenvalue weighted by Gasteiger charge is 2.27. The van der Waals surface area contributed by atoms with Gasteiger partial charge < -0.3 is 5.73 Å². The number of carbonyl (C=O) groups excluding carboxylic acids is 2. The van der Waals surface area contributed by atoms with E-state index in [-0.39, 0.29) is 11.3 Å². The van der Waals surface area contributed by atoms with Crippen molar-refractivity contribution >= 4 is 17.6 Å². The molecular formula is C18H16F2N6O3. The fraction of sp³-hybridized carbons (Fsp3) is 0.167. The molecule has 3 aromatic rings. The molecule has 2 N–H and O–H groups in total. The predicted molar refractivity (Wildman–Crippen MR) is 98.9 cm³/mol. The van der Waals surface area contributed by atoms with Gasteiger partial charge in [0.1, 0.15) is 5.69 Å². The maximum Gasteiger partial charge on any atom is 0.377 e. The van der Waals surface area contributed by atoms with Crippen LogP contribution in [0.3, 0.4) is 0 Å². The van der Waals surface area contributed by atoms with Crippen LogP contribution in [0.5, 0.6) is 0 Å². The highest BCUT2D eigenvalue weighted by Crippen LogP contribution is 2.20. The first-order valence-electron chi connectivity index (χ1n) is 8.45. The van der Waals surface area contributed by atoms with Gasteiger partial charge in [0, 0.05) is 17.3 Å². The molecule has 0 radical (unpaired) electrons. The molecular weight excluding hydrogens is 386 g/mol. The highest BCUT2D eigenvalue weighted by molar-refractivity contribution is 5.97. The van der Waals surface area contributed by atoms with Crippen LogP contribution in [0, 0.1) is 11.6 Å². The number of rotatable bonds is 4. The minimum absolute atomic E-state index is 0.158. The molecule has 0 bridgehead atoms. The summed E-state index contributed by atoms with van der Waals surface area (Å²) >= 11 is 0. The summed E-state index contributed by atoms with van der Waals surface area (Å²) in [6.07, 6.45) is 0. The average Bonchev–Trinajstić information content (AvgIpc) is 3.03. The Morgan fingerprint density at radius 1 is 1.07 bits per heavy atom. The van der Waals surface area contributed by atoms with E-state index in [0.717, 1.165) is 18.2 Å². The molecule has 0 aliphatic heterocycles. The van der Waals surface area contributed by atoms with Crippen LogP contribution in [-0.2, 0) is 0 Å². The Balaban J connectivity index is 2.07. The van der Waals surface area contributed by atoms with Gasteiger partial charge >= 0.3 is 11.7 Å². The number of hydrogen-bond donors (Lipinski definition) is 1. The van der Waals surface area contributed by atoms with E-state index in [1.54, 1.807) is 13.8 Å². The van der Waals surface area contributed by atoms with Gasteiger partial charge in [0.25, 0.3) is 0 Å². The summed E-state index contributed by atoms with van der Waals surface area (Å²) in [7, 11) is 0. The molecule has 9 nitrogen and oxygen atoms in total. The van der Waals surface area contributed by atoms with Gasteiger partial charge in [0.15, 0.2) is 11.6 Å². The largest absolute Gasteiger partial charge is 0.377 e. The maximum atomic E-state index is 14.0. The fourth-order valence-electron chi connectivity index (χ4n) is 2.74. The number of para-hydroxylation sites is 1. The van der Waals surface area contributed by atoms with E-state index >= 15 is 0 Å². The lowest BCUT2D eigenvalue weighted by molar-refractivity contribution is 0.1000. The molecule has 11 heteroatoms. The van der Waals surface area contributed by atoms with Crippen LogP contribution in [0.15, 0.2) is 47.3 Å². The Hall–Kier alpha value is -3.89. The number of nitrogens with zero attached hydrogens (tertiary/aromatic N) is 5. The zero-order valence-electron chi connectivity index (χ0n) is 15.4. The Labute approximate surface area is 162 Å². The second-order valence-electron chi connectivity index (χ2n) is 6.32. The smallest absolute Gasteiger partial charge is 0.366 e. The van der Waals surface area contributed by atoms with E-state index in [0.29, 0.717) is 9.36 Å². The summed E-state index contributed by atoms with van der Waals surface area (Å²) in [5.74, 6) is -2.77. The number of benzene rings is 2. The van der Waals surface area contributed by atoms with Gasteiger partial charge in [-0.25, -0.2) is 18.4 Å². The van der Waals surface area contributed by atoms with Gasteiger partial charge in [-0.3, -0.25) is 9.69 Å². The molecule has 2 amide bonds. The van der Waals surface area contributed by atoms with Crippen LogP contribution in [0.1, 0.15) is 24.2 Å². The zero-order chi connectivity index (χ0) is 21.3. The van der Waals surface area contributed by atoms with Gasteiger partial charge in [-0.1, -0.05) is 12.1 Å². The summed E-state index contributed by atoms with van der Waals surface area (Å²) in [6.45, 7) is 3.33. The van der Waals surface area contributed by atoms with Crippen molar-refractivity contribution in [1.82, 2.24) is 19.8 Å². The van der Waals surface area contributed by atoms with Crippen LogP contribution < -0.4 is 16.3 Å². The first-order chi connectivity index (χ1) is 13.7. The Morgan fingerprint density at radius 3 is 2.28 bits per heavy atom. The van der Waals surface area contributed by atoms with Crippen molar-refractivity contribution in [3.63, 3.8) is 0 Å². The molecule has 2 aromatic carbocycles. The Kier molecular flexibility index (Phi) is 5.22. The van der Waals surface area contributed by atoms with Gasteiger partial charge in [-0.15, -0.1) is 4.68 Å². The third kappa shape index (κ3) is 3.61. The van der Waals surface area contributed by atoms with Crippen molar-refractivity contribution in [2.75, 3.05) is 4.90 Å². The molecule has 0 unspecified atom stereocenters. The maximum absolute atomic E-state index is 14.0. The minimum Gasteiger partial charge on any atom is -0.366 e. The standard InChI is InChI=1S/C18H16F2N6O3/c1-10(2)24(12-6-3-5-11(9-12)16(21)27)17(28)26-18(29)25(22-23-26)15-13(19)7-4-8-14(15)20/h3-10H,1-2H3,(H2,21,27). The first kappa shape index (κ1) is 19.9. The zero-order valence-corrected chi connectivity index (χ0v) is 15.4. The number of carbonyl (C=O) groups is 2. The number of primary amides is 1. The Bertz CT molecular complexity index is 1130. The predicted octanol–water partition coefficient (Wildman–Crippen LogP) is 1.69. The van der Waals surface area contributed by atoms with Crippen LogP contribution in [0.25, 0.3) is 5.69 Å². The lowest BCUT2D eigenvalue weighted by Crippen LogP contribution is -2.44. The normalized spacial score (nSPS) is 10.9.